The lowest BCUT2D eigenvalue weighted by Gasteiger charge is -2.12. The maximum Gasteiger partial charge on any atom is 0.192 e. The molecule has 4 aromatic rings. The van der Waals surface area contributed by atoms with Gasteiger partial charge >= 0.3 is 0 Å². The Labute approximate surface area is 152 Å². The van der Waals surface area contributed by atoms with E-state index >= 15 is 0 Å². The number of aryl methyl sites for hydroxylation is 3. The molecular formula is C24H19NO. The van der Waals surface area contributed by atoms with E-state index in [1.807, 2.05) is 13.0 Å². The summed E-state index contributed by atoms with van der Waals surface area (Å²) in [5.74, 6) is 0.704. The van der Waals surface area contributed by atoms with Crippen molar-refractivity contribution in [3.05, 3.63) is 100 Å². The summed E-state index contributed by atoms with van der Waals surface area (Å²) < 4.78 is 5.61. The highest BCUT2D eigenvalue weighted by molar-refractivity contribution is 5.95. The Balaban J connectivity index is 1.74. The molecule has 1 aromatic heterocycles. The number of nitrogens with zero attached hydrogens (tertiary/aromatic N) is 1. The Bertz CT molecular complexity index is 1100. The van der Waals surface area contributed by atoms with Crippen LogP contribution in [0.5, 0.6) is 0 Å². The molecule has 0 radical (unpaired) electrons. The molecule has 0 unspecified atom stereocenters. The molecule has 1 aliphatic rings. The van der Waals surface area contributed by atoms with Crippen LogP contribution < -0.4 is 0 Å². The van der Waals surface area contributed by atoms with E-state index in [2.05, 4.69) is 71.7 Å². The second-order valence-corrected chi connectivity index (χ2v) is 6.83. The largest absolute Gasteiger partial charge is 0.441 e. The van der Waals surface area contributed by atoms with Gasteiger partial charge in [-0.05, 0) is 64.4 Å². The van der Waals surface area contributed by atoms with Crippen molar-refractivity contribution in [3.63, 3.8) is 0 Å². The van der Waals surface area contributed by atoms with E-state index in [1.165, 1.54) is 27.8 Å². The molecule has 0 bridgehead atoms. The van der Waals surface area contributed by atoms with Crippen LogP contribution in [0.15, 0.2) is 71.1 Å². The molecule has 0 N–H and O–H groups in total. The molecule has 0 atom stereocenters. The summed E-state index contributed by atoms with van der Waals surface area (Å²) >= 11 is 0. The molecule has 1 heterocycles. The Kier molecular flexibility index (Phi) is 3.49. The Morgan fingerprint density at radius 2 is 1.50 bits per heavy atom. The van der Waals surface area contributed by atoms with Gasteiger partial charge in [-0.1, -0.05) is 54.6 Å². The first kappa shape index (κ1) is 15.2. The Hall–Kier alpha value is -3.13. The monoisotopic (exact) mass is 337 g/mol. The van der Waals surface area contributed by atoms with Crippen LogP contribution in [0.2, 0.25) is 0 Å². The second-order valence-electron chi connectivity index (χ2n) is 6.83. The van der Waals surface area contributed by atoms with E-state index in [0.29, 0.717) is 5.89 Å². The zero-order chi connectivity index (χ0) is 17.5. The summed E-state index contributed by atoms with van der Waals surface area (Å²) in [7, 11) is 0. The first-order chi connectivity index (χ1) is 12.8. The average molecular weight is 337 g/mol. The average Bonchev–Trinajstić information content (AvgIpc) is 2.96. The maximum absolute atomic E-state index is 5.61. The fourth-order valence-corrected chi connectivity index (χ4v) is 3.89. The number of benzene rings is 3. The molecule has 1 aliphatic carbocycles. The highest BCUT2D eigenvalue weighted by atomic mass is 16.3. The molecule has 0 spiro atoms. The van der Waals surface area contributed by atoms with Crippen molar-refractivity contribution in [1.29, 1.82) is 0 Å². The zero-order valence-corrected chi connectivity index (χ0v) is 14.7. The van der Waals surface area contributed by atoms with E-state index < -0.39 is 0 Å². The van der Waals surface area contributed by atoms with Gasteiger partial charge in [0.05, 0.1) is 0 Å². The van der Waals surface area contributed by atoms with Crippen LogP contribution in [0.3, 0.4) is 0 Å². The Morgan fingerprint density at radius 1 is 0.846 bits per heavy atom. The minimum atomic E-state index is 0.704. The molecule has 0 saturated carbocycles. The molecule has 0 amide bonds. The first-order valence-corrected chi connectivity index (χ1v) is 9.03. The van der Waals surface area contributed by atoms with Gasteiger partial charge in [0, 0.05) is 6.92 Å². The molecule has 0 fully saturated rings. The van der Waals surface area contributed by atoms with E-state index in [4.69, 9.17) is 4.42 Å². The summed E-state index contributed by atoms with van der Waals surface area (Å²) in [4.78, 5) is 4.48. The molecule has 126 valence electrons. The molecular weight excluding hydrogens is 318 g/mol. The second kappa shape index (κ2) is 5.99. The highest BCUT2D eigenvalue weighted by Gasteiger charge is 2.17. The van der Waals surface area contributed by atoms with Gasteiger partial charge < -0.3 is 4.42 Å². The molecule has 2 heteroatoms. The van der Waals surface area contributed by atoms with Crippen molar-refractivity contribution in [2.24, 2.45) is 0 Å². The van der Waals surface area contributed by atoms with Crippen LogP contribution in [-0.2, 0) is 12.8 Å². The van der Waals surface area contributed by atoms with Crippen molar-refractivity contribution >= 4 is 22.7 Å². The van der Waals surface area contributed by atoms with Gasteiger partial charge in [-0.3, -0.25) is 0 Å². The van der Waals surface area contributed by atoms with Gasteiger partial charge in [0.15, 0.2) is 11.5 Å². The predicted octanol–water partition coefficient (Wildman–Crippen LogP) is 5.82. The maximum atomic E-state index is 5.61. The van der Waals surface area contributed by atoms with E-state index in [-0.39, 0.29) is 0 Å². The summed E-state index contributed by atoms with van der Waals surface area (Å²) in [5.41, 5.74) is 9.66. The van der Waals surface area contributed by atoms with Crippen molar-refractivity contribution in [1.82, 2.24) is 4.98 Å². The topological polar surface area (TPSA) is 26.0 Å². The van der Waals surface area contributed by atoms with Gasteiger partial charge in [-0.15, -0.1) is 0 Å². The molecule has 26 heavy (non-hydrogen) atoms. The molecule has 3 aromatic carbocycles. The molecule has 0 saturated heterocycles. The summed E-state index contributed by atoms with van der Waals surface area (Å²) in [6.07, 6.45) is 4.44. The molecule has 5 rings (SSSR count). The van der Waals surface area contributed by atoms with Crippen LogP contribution in [0.25, 0.3) is 22.7 Å². The number of oxazole rings is 1. The van der Waals surface area contributed by atoms with Crippen molar-refractivity contribution in [2.75, 3.05) is 0 Å². The number of aromatic nitrogens is 1. The molecule has 2 nitrogen and oxygen atoms in total. The zero-order valence-electron chi connectivity index (χ0n) is 14.7. The quantitative estimate of drug-likeness (QED) is 0.437. The van der Waals surface area contributed by atoms with Crippen molar-refractivity contribution in [2.45, 2.75) is 19.8 Å². The van der Waals surface area contributed by atoms with Crippen LogP contribution in [-0.4, -0.2) is 4.98 Å². The lowest BCUT2D eigenvalue weighted by molar-refractivity contribution is 0.561. The predicted molar refractivity (Wildman–Crippen MR) is 106 cm³/mol. The van der Waals surface area contributed by atoms with E-state index in [9.17, 15) is 0 Å². The van der Waals surface area contributed by atoms with Crippen LogP contribution in [0.1, 0.15) is 33.7 Å². The van der Waals surface area contributed by atoms with Crippen LogP contribution in [0.4, 0.5) is 0 Å². The number of fused-ring (bicyclic) bond motifs is 3. The number of rotatable bonds is 1. The fraction of sp³-hybridized carbons (Fsp3) is 0.125. The minimum Gasteiger partial charge on any atom is -0.441 e. The normalized spacial score (nSPS) is 13.2. The smallest absolute Gasteiger partial charge is 0.192 e. The van der Waals surface area contributed by atoms with Crippen LogP contribution in [0, 0.1) is 6.92 Å². The third-order valence-corrected chi connectivity index (χ3v) is 5.11. The van der Waals surface area contributed by atoms with Crippen LogP contribution >= 0.6 is 0 Å². The fourth-order valence-electron chi connectivity index (χ4n) is 3.89. The van der Waals surface area contributed by atoms with Crippen molar-refractivity contribution < 1.29 is 4.42 Å². The summed E-state index contributed by atoms with van der Waals surface area (Å²) in [6, 6.07) is 23.7. The SMILES string of the molecule is Cc1nc2cc(C=C3c4ccccc4CCc4ccccc43)ccc2o1. The third kappa shape index (κ3) is 2.55. The lowest BCUT2D eigenvalue weighted by Crippen LogP contribution is -1.92. The van der Waals surface area contributed by atoms with Gasteiger partial charge in [-0.2, -0.15) is 0 Å². The number of hydrogen-bond donors (Lipinski definition) is 0. The van der Waals surface area contributed by atoms with Gasteiger partial charge in [0.2, 0.25) is 0 Å². The van der Waals surface area contributed by atoms with Gasteiger partial charge in [0.25, 0.3) is 0 Å². The van der Waals surface area contributed by atoms with E-state index in [1.54, 1.807) is 0 Å². The number of hydrogen-bond acceptors (Lipinski definition) is 2. The minimum absolute atomic E-state index is 0.704. The molecule has 0 aliphatic heterocycles. The lowest BCUT2D eigenvalue weighted by atomic mass is 9.92. The first-order valence-electron chi connectivity index (χ1n) is 9.03. The van der Waals surface area contributed by atoms with Crippen molar-refractivity contribution in [3.8, 4) is 0 Å². The highest BCUT2D eigenvalue weighted by Crippen LogP contribution is 2.35. The summed E-state index contributed by atoms with van der Waals surface area (Å²) in [6.45, 7) is 1.88. The van der Waals surface area contributed by atoms with Gasteiger partial charge in [-0.25, -0.2) is 4.98 Å². The third-order valence-electron chi connectivity index (χ3n) is 5.11. The van der Waals surface area contributed by atoms with Gasteiger partial charge in [0.1, 0.15) is 5.52 Å². The standard InChI is InChI=1S/C24H19NO/c1-16-25-23-15-17(10-13-24(23)26-16)14-22-20-8-4-2-6-18(20)11-12-19-7-3-5-9-21(19)22/h2-10,13-15H,11-12H2,1H3. The Morgan fingerprint density at radius 3 is 2.19 bits per heavy atom. The van der Waals surface area contributed by atoms with E-state index in [0.717, 1.165) is 29.5 Å². The summed E-state index contributed by atoms with van der Waals surface area (Å²) in [5, 5.41) is 0.